The van der Waals surface area contributed by atoms with Gasteiger partial charge in [-0.15, -0.1) is 0 Å². The summed E-state index contributed by atoms with van der Waals surface area (Å²) in [5.41, 5.74) is 2.99. The highest BCUT2D eigenvalue weighted by atomic mass is 19.2. The van der Waals surface area contributed by atoms with Crippen molar-refractivity contribution in [2.75, 3.05) is 11.9 Å². The number of aromatic nitrogens is 2. The number of carbonyl (C=O) groups is 1. The topological polar surface area (TPSA) is 58.1 Å². The monoisotopic (exact) mass is 368 g/mol. The van der Waals surface area contributed by atoms with E-state index >= 15 is 0 Å². The summed E-state index contributed by atoms with van der Waals surface area (Å²) < 4.78 is 26.5. The summed E-state index contributed by atoms with van der Waals surface area (Å²) in [4.78, 5) is 22.5. The van der Waals surface area contributed by atoms with Crippen molar-refractivity contribution in [1.29, 1.82) is 0 Å². The van der Waals surface area contributed by atoms with Crippen LogP contribution in [-0.2, 0) is 17.9 Å². The van der Waals surface area contributed by atoms with Crippen molar-refractivity contribution >= 4 is 22.8 Å². The van der Waals surface area contributed by atoms with Crippen LogP contribution >= 0.6 is 0 Å². The molecule has 1 N–H and O–H groups in total. The van der Waals surface area contributed by atoms with E-state index in [2.05, 4.69) is 27.4 Å². The van der Waals surface area contributed by atoms with E-state index in [4.69, 9.17) is 0 Å². The average Bonchev–Trinajstić information content (AvgIpc) is 3.10. The van der Waals surface area contributed by atoms with Crippen molar-refractivity contribution in [3.63, 3.8) is 0 Å². The number of halogens is 2. The molecule has 4 rings (SSSR count). The molecule has 5 nitrogen and oxygen atoms in total. The first-order chi connectivity index (χ1) is 13.1. The Balaban J connectivity index is 1.28. The molecule has 0 radical (unpaired) electrons. The Bertz CT molecular complexity index is 983. The zero-order valence-corrected chi connectivity index (χ0v) is 14.6. The predicted octanol–water partition coefficient (Wildman–Crippen LogP) is 3.64. The van der Waals surface area contributed by atoms with Gasteiger partial charge >= 0.3 is 0 Å². The van der Waals surface area contributed by atoms with Crippen LogP contribution in [0, 0.1) is 11.6 Å². The predicted molar refractivity (Wildman–Crippen MR) is 97.9 cm³/mol. The zero-order chi connectivity index (χ0) is 18.8. The van der Waals surface area contributed by atoms with Crippen LogP contribution in [0.3, 0.4) is 0 Å². The molecule has 7 heteroatoms. The Labute approximate surface area is 155 Å². The van der Waals surface area contributed by atoms with Crippen molar-refractivity contribution in [1.82, 2.24) is 14.9 Å². The number of nitrogens with zero attached hydrogens (tertiary/aromatic N) is 3. The molecule has 0 bridgehead atoms. The second-order valence-electron chi connectivity index (χ2n) is 6.56. The summed E-state index contributed by atoms with van der Waals surface area (Å²) in [6, 6.07) is 10.1. The van der Waals surface area contributed by atoms with Crippen LogP contribution < -0.4 is 5.32 Å². The lowest BCUT2D eigenvalue weighted by molar-refractivity contribution is -0.131. The molecule has 0 spiro atoms. The summed E-state index contributed by atoms with van der Waals surface area (Å²) in [5, 5.41) is 3.07. The standard InChI is InChI=1S/C20H18F2N4O/c21-15-8-17-18(9-16(15)22)25-19(10-24-17)23-7-3-6-20(27)26-11-13-4-1-2-5-14(13)12-26/h1-2,4-5,8-10H,3,6-7,11-12H2,(H,23,25). The van der Waals surface area contributed by atoms with Gasteiger partial charge in [0.1, 0.15) is 5.82 Å². The number of amides is 1. The average molecular weight is 368 g/mol. The van der Waals surface area contributed by atoms with E-state index in [0.29, 0.717) is 43.8 Å². The fourth-order valence-corrected chi connectivity index (χ4v) is 3.22. The minimum atomic E-state index is -0.953. The van der Waals surface area contributed by atoms with Crippen LogP contribution in [0.2, 0.25) is 0 Å². The molecule has 3 aromatic rings. The molecular weight excluding hydrogens is 350 g/mol. The van der Waals surface area contributed by atoms with E-state index in [1.807, 2.05) is 17.0 Å². The third kappa shape index (κ3) is 3.72. The van der Waals surface area contributed by atoms with Gasteiger partial charge in [0.2, 0.25) is 5.91 Å². The van der Waals surface area contributed by atoms with E-state index in [0.717, 1.165) is 12.1 Å². The molecule has 138 valence electrons. The van der Waals surface area contributed by atoms with Crippen molar-refractivity contribution in [2.45, 2.75) is 25.9 Å². The number of hydrogen-bond donors (Lipinski definition) is 1. The Kier molecular flexibility index (Phi) is 4.66. The number of nitrogens with one attached hydrogen (secondary N) is 1. The van der Waals surface area contributed by atoms with Crippen molar-refractivity contribution in [3.8, 4) is 0 Å². The molecule has 1 aliphatic rings. The lowest BCUT2D eigenvalue weighted by Gasteiger charge is -2.15. The largest absolute Gasteiger partial charge is 0.369 e. The van der Waals surface area contributed by atoms with Gasteiger partial charge in [-0.2, -0.15) is 0 Å². The molecule has 2 heterocycles. The highest BCUT2D eigenvalue weighted by Crippen LogP contribution is 2.23. The van der Waals surface area contributed by atoms with Gasteiger partial charge in [0.25, 0.3) is 0 Å². The summed E-state index contributed by atoms with van der Waals surface area (Å²) in [6.07, 6.45) is 2.55. The van der Waals surface area contributed by atoms with Gasteiger partial charge < -0.3 is 10.2 Å². The van der Waals surface area contributed by atoms with Crippen LogP contribution in [0.25, 0.3) is 11.0 Å². The number of anilines is 1. The molecule has 0 unspecified atom stereocenters. The highest BCUT2D eigenvalue weighted by molar-refractivity contribution is 5.77. The smallest absolute Gasteiger partial charge is 0.223 e. The molecule has 27 heavy (non-hydrogen) atoms. The van der Waals surface area contributed by atoms with Crippen LogP contribution in [-0.4, -0.2) is 27.3 Å². The van der Waals surface area contributed by atoms with Gasteiger partial charge in [0.15, 0.2) is 11.6 Å². The number of hydrogen-bond acceptors (Lipinski definition) is 4. The Morgan fingerprint density at radius 2 is 1.74 bits per heavy atom. The van der Waals surface area contributed by atoms with E-state index in [-0.39, 0.29) is 11.4 Å². The molecule has 1 aliphatic heterocycles. The van der Waals surface area contributed by atoms with E-state index in [1.165, 1.54) is 17.3 Å². The Hall–Kier alpha value is -3.09. The van der Waals surface area contributed by atoms with Gasteiger partial charge in [-0.05, 0) is 17.5 Å². The quantitative estimate of drug-likeness (QED) is 0.699. The first-order valence-electron chi connectivity index (χ1n) is 8.80. The molecule has 0 atom stereocenters. The summed E-state index contributed by atoms with van der Waals surface area (Å²) in [6.45, 7) is 1.87. The van der Waals surface area contributed by atoms with Gasteiger partial charge in [0, 0.05) is 38.2 Å². The number of carbonyl (C=O) groups excluding carboxylic acids is 1. The molecule has 0 fully saturated rings. The second-order valence-corrected chi connectivity index (χ2v) is 6.56. The van der Waals surface area contributed by atoms with Gasteiger partial charge in [0.05, 0.1) is 17.2 Å². The fourth-order valence-electron chi connectivity index (χ4n) is 3.22. The number of benzene rings is 2. The molecular formula is C20H18F2N4O. The molecule has 0 saturated carbocycles. The van der Waals surface area contributed by atoms with Gasteiger partial charge in [-0.1, -0.05) is 24.3 Å². The normalized spacial score (nSPS) is 13.0. The first-order valence-corrected chi connectivity index (χ1v) is 8.80. The first kappa shape index (κ1) is 17.3. The molecule has 0 saturated heterocycles. The maximum atomic E-state index is 13.3. The van der Waals surface area contributed by atoms with Crippen LogP contribution in [0.15, 0.2) is 42.6 Å². The van der Waals surface area contributed by atoms with Gasteiger partial charge in [-0.25, -0.2) is 13.8 Å². The molecule has 1 amide bonds. The lowest BCUT2D eigenvalue weighted by atomic mass is 10.1. The summed E-state index contributed by atoms with van der Waals surface area (Å²) >= 11 is 0. The summed E-state index contributed by atoms with van der Waals surface area (Å²) in [7, 11) is 0. The molecule has 1 aromatic heterocycles. The van der Waals surface area contributed by atoms with Crippen LogP contribution in [0.5, 0.6) is 0 Å². The maximum absolute atomic E-state index is 13.3. The zero-order valence-electron chi connectivity index (χ0n) is 14.6. The lowest BCUT2D eigenvalue weighted by Crippen LogP contribution is -2.25. The van der Waals surface area contributed by atoms with E-state index < -0.39 is 11.6 Å². The SMILES string of the molecule is O=C(CCCNc1cnc2cc(F)c(F)cc2n1)N1Cc2ccccc2C1. The number of rotatable bonds is 5. The van der Waals surface area contributed by atoms with Gasteiger partial charge in [-0.3, -0.25) is 9.78 Å². The third-order valence-electron chi connectivity index (χ3n) is 4.65. The second kappa shape index (κ2) is 7.26. The molecule has 2 aromatic carbocycles. The van der Waals surface area contributed by atoms with Crippen molar-refractivity contribution in [3.05, 3.63) is 65.4 Å². The minimum Gasteiger partial charge on any atom is -0.369 e. The Morgan fingerprint density at radius 1 is 1.07 bits per heavy atom. The Morgan fingerprint density at radius 3 is 2.44 bits per heavy atom. The van der Waals surface area contributed by atoms with Crippen LogP contribution in [0.4, 0.5) is 14.6 Å². The van der Waals surface area contributed by atoms with E-state index in [9.17, 15) is 13.6 Å². The minimum absolute atomic E-state index is 0.121. The maximum Gasteiger partial charge on any atom is 0.223 e. The van der Waals surface area contributed by atoms with Crippen molar-refractivity contribution in [2.24, 2.45) is 0 Å². The fraction of sp³-hybridized carbons (Fsp3) is 0.250. The van der Waals surface area contributed by atoms with Crippen molar-refractivity contribution < 1.29 is 13.6 Å². The third-order valence-corrected chi connectivity index (χ3v) is 4.65. The van der Waals surface area contributed by atoms with E-state index in [1.54, 1.807) is 0 Å². The van der Waals surface area contributed by atoms with Crippen LogP contribution in [0.1, 0.15) is 24.0 Å². The molecule has 0 aliphatic carbocycles. The summed E-state index contributed by atoms with van der Waals surface area (Å²) in [5.74, 6) is -1.31. The highest BCUT2D eigenvalue weighted by Gasteiger charge is 2.22. The number of fused-ring (bicyclic) bond motifs is 2.